The predicted octanol–water partition coefficient (Wildman–Crippen LogP) is 1.68. The number of carbonyl (C=O) groups excluding carboxylic acids is 1. The van der Waals surface area contributed by atoms with Gasteiger partial charge >= 0.3 is 5.97 Å². The van der Waals surface area contributed by atoms with E-state index in [0.717, 1.165) is 5.56 Å². The molecule has 0 aliphatic rings. The third-order valence-corrected chi connectivity index (χ3v) is 3.61. The first-order chi connectivity index (χ1) is 9.00. The summed E-state index contributed by atoms with van der Waals surface area (Å²) < 4.78 is 4.74. The largest absolute Gasteiger partial charge is 0.465 e. The Bertz CT molecular complexity index is 421. The number of carbonyl (C=O) groups is 1. The zero-order valence-electron chi connectivity index (χ0n) is 11.6. The summed E-state index contributed by atoms with van der Waals surface area (Å²) in [7, 11) is 1.37. The van der Waals surface area contributed by atoms with Gasteiger partial charge in [-0.25, -0.2) is 4.79 Å². The summed E-state index contributed by atoms with van der Waals surface area (Å²) in [5, 5.41) is 13.2. The lowest BCUT2D eigenvalue weighted by Gasteiger charge is -2.22. The van der Waals surface area contributed by atoms with Crippen molar-refractivity contribution in [1.82, 2.24) is 5.32 Å². The molecule has 0 saturated heterocycles. The molecule has 1 unspecified atom stereocenters. The topological polar surface area (TPSA) is 58.6 Å². The Morgan fingerprint density at radius 1 is 1.47 bits per heavy atom. The van der Waals surface area contributed by atoms with Crippen LogP contribution in [0, 0.1) is 0 Å². The Morgan fingerprint density at radius 3 is 2.79 bits per heavy atom. The van der Waals surface area contributed by atoms with E-state index in [1.807, 2.05) is 18.4 Å². The molecule has 1 aromatic rings. The van der Waals surface area contributed by atoms with Crippen LogP contribution in [-0.4, -0.2) is 42.3 Å². The van der Waals surface area contributed by atoms with Crippen molar-refractivity contribution in [1.29, 1.82) is 0 Å². The van der Waals surface area contributed by atoms with Crippen LogP contribution in [-0.2, 0) is 11.3 Å². The van der Waals surface area contributed by atoms with Crippen molar-refractivity contribution >= 4 is 17.7 Å². The summed E-state index contributed by atoms with van der Waals surface area (Å²) in [5.41, 5.74) is 0.677. The molecule has 5 heteroatoms. The number of rotatable bonds is 7. The highest BCUT2D eigenvalue weighted by atomic mass is 32.2. The molecule has 0 aliphatic carbocycles. The normalized spacial score (nSPS) is 13.9. The van der Waals surface area contributed by atoms with Crippen molar-refractivity contribution < 1.29 is 14.6 Å². The first kappa shape index (κ1) is 16.0. The van der Waals surface area contributed by atoms with Crippen LogP contribution in [0.2, 0.25) is 0 Å². The van der Waals surface area contributed by atoms with Gasteiger partial charge in [-0.1, -0.05) is 18.2 Å². The number of thioether (sulfide) groups is 1. The monoisotopic (exact) mass is 283 g/mol. The highest BCUT2D eigenvalue weighted by Crippen LogP contribution is 2.12. The molecule has 19 heavy (non-hydrogen) atoms. The number of hydrogen-bond acceptors (Lipinski definition) is 5. The fourth-order valence-corrected chi connectivity index (χ4v) is 2.54. The van der Waals surface area contributed by atoms with Gasteiger partial charge in [0.2, 0.25) is 0 Å². The van der Waals surface area contributed by atoms with Gasteiger partial charge in [-0.2, -0.15) is 11.8 Å². The lowest BCUT2D eigenvalue weighted by molar-refractivity contribution is 0.0599. The summed E-state index contributed by atoms with van der Waals surface area (Å²) in [6, 6.07) is 7.30. The first-order valence-corrected chi connectivity index (χ1v) is 7.48. The van der Waals surface area contributed by atoms with E-state index in [4.69, 9.17) is 4.74 Å². The molecule has 0 radical (unpaired) electrons. The van der Waals surface area contributed by atoms with Crippen molar-refractivity contribution in [3.8, 4) is 0 Å². The van der Waals surface area contributed by atoms with Crippen molar-refractivity contribution in [2.45, 2.75) is 19.1 Å². The Labute approximate surface area is 118 Å². The van der Waals surface area contributed by atoms with Crippen LogP contribution in [0.25, 0.3) is 0 Å². The highest BCUT2D eigenvalue weighted by Gasteiger charge is 2.19. The second kappa shape index (κ2) is 7.53. The van der Waals surface area contributed by atoms with Crippen molar-refractivity contribution in [2.24, 2.45) is 0 Å². The Kier molecular flexibility index (Phi) is 6.34. The molecule has 0 saturated carbocycles. The van der Waals surface area contributed by atoms with Crippen LogP contribution >= 0.6 is 11.8 Å². The number of ether oxygens (including phenoxy) is 1. The molecule has 0 bridgehead atoms. The van der Waals surface area contributed by atoms with Gasteiger partial charge in [-0.3, -0.25) is 0 Å². The minimum absolute atomic E-state index is 0.340. The summed E-state index contributed by atoms with van der Waals surface area (Å²) in [6.07, 6.45) is 1.96. The van der Waals surface area contributed by atoms with Gasteiger partial charge in [0.05, 0.1) is 18.3 Å². The summed E-state index contributed by atoms with van der Waals surface area (Å²) >= 11 is 1.60. The zero-order valence-corrected chi connectivity index (χ0v) is 12.4. The summed E-state index contributed by atoms with van der Waals surface area (Å²) in [6.45, 7) is 2.79. The van der Waals surface area contributed by atoms with Gasteiger partial charge in [0.1, 0.15) is 0 Å². The lowest BCUT2D eigenvalue weighted by Crippen LogP contribution is -2.39. The van der Waals surface area contributed by atoms with Crippen molar-refractivity contribution in [3.05, 3.63) is 35.4 Å². The third kappa shape index (κ3) is 5.22. The van der Waals surface area contributed by atoms with Crippen LogP contribution in [0.1, 0.15) is 22.8 Å². The number of esters is 1. The molecular formula is C14H21NO3S. The van der Waals surface area contributed by atoms with E-state index in [1.165, 1.54) is 7.11 Å². The molecular weight excluding hydrogens is 262 g/mol. The predicted molar refractivity (Wildman–Crippen MR) is 78.5 cm³/mol. The van der Waals surface area contributed by atoms with E-state index in [2.05, 4.69) is 5.32 Å². The number of benzene rings is 1. The fourth-order valence-electron chi connectivity index (χ4n) is 1.81. The standard InChI is InChI=1S/C14H21NO3S/c1-14(17,10-19-3)9-15-8-11-6-4-5-7-12(11)13(16)18-2/h4-7,15,17H,8-10H2,1-3H3. The van der Waals surface area contributed by atoms with Crippen molar-refractivity contribution in [2.75, 3.05) is 25.7 Å². The fraction of sp³-hybridized carbons (Fsp3) is 0.500. The number of methoxy groups -OCH3 is 1. The van der Waals surface area contributed by atoms with Gasteiger partial charge in [0.15, 0.2) is 0 Å². The quantitative estimate of drug-likeness (QED) is 0.746. The van der Waals surface area contributed by atoms with E-state index in [9.17, 15) is 9.90 Å². The smallest absolute Gasteiger partial charge is 0.338 e. The molecule has 0 amide bonds. The van der Waals surface area contributed by atoms with Crippen LogP contribution in [0.5, 0.6) is 0 Å². The SMILES string of the molecule is COC(=O)c1ccccc1CNCC(C)(O)CSC. The molecule has 1 rings (SSSR count). The van der Waals surface area contributed by atoms with E-state index in [-0.39, 0.29) is 5.97 Å². The Morgan fingerprint density at radius 2 is 2.16 bits per heavy atom. The molecule has 106 valence electrons. The molecule has 4 nitrogen and oxygen atoms in total. The number of aliphatic hydroxyl groups is 1. The van der Waals surface area contributed by atoms with Crippen LogP contribution < -0.4 is 5.32 Å². The molecule has 1 aromatic carbocycles. The second-order valence-electron chi connectivity index (χ2n) is 4.68. The summed E-state index contributed by atoms with van der Waals surface area (Å²) in [4.78, 5) is 11.6. The molecule has 0 aliphatic heterocycles. The van der Waals surface area contributed by atoms with Crippen LogP contribution in [0.3, 0.4) is 0 Å². The average Bonchev–Trinajstić information content (AvgIpc) is 2.38. The van der Waals surface area contributed by atoms with Gasteiger partial charge in [0, 0.05) is 18.8 Å². The molecule has 1 atom stereocenters. The maximum atomic E-state index is 11.6. The van der Waals surface area contributed by atoms with Crippen LogP contribution in [0.4, 0.5) is 0 Å². The van der Waals surface area contributed by atoms with E-state index in [1.54, 1.807) is 30.8 Å². The van der Waals surface area contributed by atoms with Gasteiger partial charge in [-0.15, -0.1) is 0 Å². The molecule has 0 spiro atoms. The van der Waals surface area contributed by atoms with E-state index in [0.29, 0.717) is 24.4 Å². The van der Waals surface area contributed by atoms with Gasteiger partial charge in [-0.05, 0) is 24.8 Å². The molecule has 2 N–H and O–H groups in total. The number of hydrogen-bond donors (Lipinski definition) is 2. The van der Waals surface area contributed by atoms with E-state index < -0.39 is 5.60 Å². The van der Waals surface area contributed by atoms with E-state index >= 15 is 0 Å². The summed E-state index contributed by atoms with van der Waals surface area (Å²) in [5.74, 6) is 0.326. The van der Waals surface area contributed by atoms with Crippen LogP contribution in [0.15, 0.2) is 24.3 Å². The molecule has 0 fully saturated rings. The number of nitrogens with one attached hydrogen (secondary N) is 1. The first-order valence-electron chi connectivity index (χ1n) is 6.08. The van der Waals surface area contributed by atoms with Crippen molar-refractivity contribution in [3.63, 3.8) is 0 Å². The molecule has 0 aromatic heterocycles. The third-order valence-electron chi connectivity index (χ3n) is 2.70. The zero-order chi connectivity index (χ0) is 14.3. The maximum absolute atomic E-state index is 11.6. The Balaban J connectivity index is 2.61. The Hall–Kier alpha value is -1.04. The van der Waals surface area contributed by atoms with Gasteiger partial charge in [0.25, 0.3) is 0 Å². The highest BCUT2D eigenvalue weighted by molar-refractivity contribution is 7.98. The lowest BCUT2D eigenvalue weighted by atomic mass is 10.1. The maximum Gasteiger partial charge on any atom is 0.338 e. The van der Waals surface area contributed by atoms with Gasteiger partial charge < -0.3 is 15.2 Å². The molecule has 0 heterocycles. The second-order valence-corrected chi connectivity index (χ2v) is 5.55. The minimum atomic E-state index is -0.750. The average molecular weight is 283 g/mol. The minimum Gasteiger partial charge on any atom is -0.465 e.